The number of furan rings is 1. The minimum absolute atomic E-state index is 0.179. The standard InChI is InChI=1S/C13H20N2O4S/c1-10-6-7-11(19-10)9-14(2)13(16)12-5-4-8-15(12)20(3,17)18/h6-7,12H,4-5,8-9H2,1-3H3/t12-/m1/s1. The third-order valence-corrected chi connectivity index (χ3v) is 4.77. The predicted molar refractivity (Wildman–Crippen MR) is 74.5 cm³/mol. The van der Waals surface area contributed by atoms with Gasteiger partial charge in [-0.3, -0.25) is 4.79 Å². The Kier molecular flexibility index (Phi) is 4.19. The first kappa shape index (κ1) is 15.1. The number of nitrogens with zero attached hydrogens (tertiary/aromatic N) is 2. The average Bonchev–Trinajstić information content (AvgIpc) is 2.96. The number of carbonyl (C=O) groups is 1. The van der Waals surface area contributed by atoms with Crippen molar-refractivity contribution in [1.29, 1.82) is 0 Å². The van der Waals surface area contributed by atoms with Crippen LogP contribution >= 0.6 is 0 Å². The lowest BCUT2D eigenvalue weighted by molar-refractivity contribution is -0.134. The Bertz CT molecular complexity index is 593. The number of hydrogen-bond acceptors (Lipinski definition) is 4. The molecule has 1 amide bonds. The molecule has 0 N–H and O–H groups in total. The normalized spacial score (nSPS) is 20.2. The monoisotopic (exact) mass is 300 g/mol. The van der Waals surface area contributed by atoms with Crippen LogP contribution in [0.5, 0.6) is 0 Å². The first-order valence-electron chi connectivity index (χ1n) is 6.56. The number of sulfonamides is 1. The van der Waals surface area contributed by atoms with Gasteiger partial charge in [-0.2, -0.15) is 4.31 Å². The van der Waals surface area contributed by atoms with Crippen molar-refractivity contribution in [2.24, 2.45) is 0 Å². The van der Waals surface area contributed by atoms with Crippen molar-refractivity contribution in [2.45, 2.75) is 32.4 Å². The summed E-state index contributed by atoms with van der Waals surface area (Å²) in [5.74, 6) is 1.31. The van der Waals surface area contributed by atoms with Gasteiger partial charge in [-0.15, -0.1) is 0 Å². The summed E-state index contributed by atoms with van der Waals surface area (Å²) < 4.78 is 30.1. The molecule has 2 heterocycles. The summed E-state index contributed by atoms with van der Waals surface area (Å²) in [6.07, 6.45) is 2.44. The predicted octanol–water partition coefficient (Wildman–Crippen LogP) is 0.970. The summed E-state index contributed by atoms with van der Waals surface area (Å²) in [5, 5.41) is 0. The molecule has 0 saturated carbocycles. The molecular weight excluding hydrogens is 280 g/mol. The average molecular weight is 300 g/mol. The van der Waals surface area contributed by atoms with Crippen molar-refractivity contribution in [2.75, 3.05) is 19.8 Å². The summed E-state index contributed by atoms with van der Waals surface area (Å²) in [5.41, 5.74) is 0. The molecule has 112 valence electrons. The molecule has 1 aliphatic heterocycles. The highest BCUT2D eigenvalue weighted by Crippen LogP contribution is 2.22. The van der Waals surface area contributed by atoms with Gasteiger partial charge in [-0.05, 0) is 31.9 Å². The van der Waals surface area contributed by atoms with Crippen LogP contribution in [0.25, 0.3) is 0 Å². The molecule has 20 heavy (non-hydrogen) atoms. The fraction of sp³-hybridized carbons (Fsp3) is 0.615. The van der Waals surface area contributed by atoms with Crippen LogP contribution in [0.15, 0.2) is 16.5 Å². The van der Waals surface area contributed by atoms with E-state index in [0.717, 1.165) is 18.4 Å². The molecule has 1 aliphatic rings. The SMILES string of the molecule is Cc1ccc(CN(C)C(=O)[C@H]2CCCN2S(C)(=O)=O)o1. The Morgan fingerprint density at radius 1 is 1.50 bits per heavy atom. The first-order valence-corrected chi connectivity index (χ1v) is 8.41. The van der Waals surface area contributed by atoms with E-state index in [-0.39, 0.29) is 5.91 Å². The number of amides is 1. The maximum atomic E-state index is 12.4. The van der Waals surface area contributed by atoms with Gasteiger partial charge in [-0.25, -0.2) is 8.42 Å². The van der Waals surface area contributed by atoms with E-state index in [9.17, 15) is 13.2 Å². The van der Waals surface area contributed by atoms with E-state index in [0.29, 0.717) is 25.3 Å². The van der Waals surface area contributed by atoms with Crippen LogP contribution in [-0.2, 0) is 21.4 Å². The maximum absolute atomic E-state index is 12.4. The van der Waals surface area contributed by atoms with Crippen LogP contribution in [0.4, 0.5) is 0 Å². The molecule has 1 saturated heterocycles. The lowest BCUT2D eigenvalue weighted by atomic mass is 10.2. The van der Waals surface area contributed by atoms with Gasteiger partial charge in [0.25, 0.3) is 0 Å². The van der Waals surface area contributed by atoms with Crippen molar-refractivity contribution in [1.82, 2.24) is 9.21 Å². The fourth-order valence-electron chi connectivity index (χ4n) is 2.52. The zero-order valence-corrected chi connectivity index (χ0v) is 12.8. The molecule has 1 atom stereocenters. The van der Waals surface area contributed by atoms with E-state index in [4.69, 9.17) is 4.42 Å². The van der Waals surface area contributed by atoms with Gasteiger partial charge >= 0.3 is 0 Å². The van der Waals surface area contributed by atoms with Crippen molar-refractivity contribution < 1.29 is 17.6 Å². The zero-order chi connectivity index (χ0) is 14.9. The van der Waals surface area contributed by atoms with Crippen LogP contribution in [0.2, 0.25) is 0 Å². The molecule has 2 rings (SSSR count). The summed E-state index contributed by atoms with van der Waals surface area (Å²) >= 11 is 0. The van der Waals surface area contributed by atoms with Crippen molar-refractivity contribution in [3.05, 3.63) is 23.7 Å². The molecule has 0 radical (unpaired) electrons. The van der Waals surface area contributed by atoms with Gasteiger partial charge in [-0.1, -0.05) is 0 Å². The summed E-state index contributed by atoms with van der Waals surface area (Å²) in [4.78, 5) is 13.9. The van der Waals surface area contributed by atoms with E-state index in [1.54, 1.807) is 7.05 Å². The third kappa shape index (κ3) is 3.21. The maximum Gasteiger partial charge on any atom is 0.241 e. The second-order valence-electron chi connectivity index (χ2n) is 5.24. The molecule has 0 aliphatic carbocycles. The molecule has 0 spiro atoms. The van der Waals surface area contributed by atoms with Crippen LogP contribution in [0.3, 0.4) is 0 Å². The van der Waals surface area contributed by atoms with Gasteiger partial charge in [0.05, 0.1) is 12.8 Å². The topological polar surface area (TPSA) is 70.8 Å². The Morgan fingerprint density at radius 3 is 2.75 bits per heavy atom. The highest BCUT2D eigenvalue weighted by molar-refractivity contribution is 7.88. The van der Waals surface area contributed by atoms with Crippen LogP contribution in [0.1, 0.15) is 24.4 Å². The minimum Gasteiger partial charge on any atom is -0.464 e. The molecule has 7 heteroatoms. The number of hydrogen-bond donors (Lipinski definition) is 0. The molecular formula is C13H20N2O4S. The third-order valence-electron chi connectivity index (χ3n) is 3.48. The molecule has 0 bridgehead atoms. The lowest BCUT2D eigenvalue weighted by Gasteiger charge is -2.25. The van der Waals surface area contributed by atoms with Crippen LogP contribution in [0, 0.1) is 6.92 Å². The molecule has 6 nitrogen and oxygen atoms in total. The summed E-state index contributed by atoms with van der Waals surface area (Å²) in [6, 6.07) is 3.08. The molecule has 1 aromatic rings. The number of rotatable bonds is 4. The van der Waals surface area contributed by atoms with Gasteiger partial charge in [0.15, 0.2) is 0 Å². The van der Waals surface area contributed by atoms with Gasteiger partial charge in [0.2, 0.25) is 15.9 Å². The summed E-state index contributed by atoms with van der Waals surface area (Å²) in [7, 11) is -1.67. The van der Waals surface area contributed by atoms with E-state index in [1.807, 2.05) is 19.1 Å². The Morgan fingerprint density at radius 2 is 2.20 bits per heavy atom. The number of likely N-dealkylation sites (N-methyl/N-ethyl adjacent to an activating group) is 1. The van der Waals surface area contributed by atoms with Gasteiger partial charge in [0, 0.05) is 13.6 Å². The molecule has 1 aromatic heterocycles. The lowest BCUT2D eigenvalue weighted by Crippen LogP contribution is -2.45. The van der Waals surface area contributed by atoms with Crippen molar-refractivity contribution >= 4 is 15.9 Å². The second kappa shape index (κ2) is 5.57. The molecule has 0 unspecified atom stereocenters. The molecule has 0 aromatic carbocycles. The highest BCUT2D eigenvalue weighted by atomic mass is 32.2. The van der Waals surface area contributed by atoms with Crippen LogP contribution in [-0.4, -0.2) is 49.4 Å². The highest BCUT2D eigenvalue weighted by Gasteiger charge is 2.37. The smallest absolute Gasteiger partial charge is 0.241 e. The van der Waals surface area contributed by atoms with Gasteiger partial charge < -0.3 is 9.32 Å². The van der Waals surface area contributed by atoms with E-state index < -0.39 is 16.1 Å². The largest absolute Gasteiger partial charge is 0.464 e. The Labute approximate surface area is 119 Å². The van der Waals surface area contributed by atoms with Gasteiger partial charge in [0.1, 0.15) is 17.6 Å². The van der Waals surface area contributed by atoms with E-state index >= 15 is 0 Å². The van der Waals surface area contributed by atoms with Crippen molar-refractivity contribution in [3.8, 4) is 0 Å². The first-order chi connectivity index (χ1) is 9.29. The fourth-order valence-corrected chi connectivity index (χ4v) is 3.64. The van der Waals surface area contributed by atoms with E-state index in [2.05, 4.69) is 0 Å². The zero-order valence-electron chi connectivity index (χ0n) is 12.0. The van der Waals surface area contributed by atoms with Crippen molar-refractivity contribution in [3.63, 3.8) is 0 Å². The second-order valence-corrected chi connectivity index (χ2v) is 7.17. The van der Waals surface area contributed by atoms with Crippen LogP contribution < -0.4 is 0 Å². The Balaban J connectivity index is 2.06. The number of aryl methyl sites for hydroxylation is 1. The van der Waals surface area contributed by atoms with E-state index in [1.165, 1.54) is 9.21 Å². The Hall–Kier alpha value is -1.34. The minimum atomic E-state index is -3.34. The number of carbonyl (C=O) groups excluding carboxylic acids is 1. The molecule has 1 fully saturated rings. The quantitative estimate of drug-likeness (QED) is 0.831. The summed E-state index contributed by atoms with van der Waals surface area (Å²) in [6.45, 7) is 2.61.